The number of nitrogens with zero attached hydrogens (tertiary/aromatic N) is 3. The van der Waals surface area contributed by atoms with Gasteiger partial charge in [-0.1, -0.05) is 38.3 Å². The first-order chi connectivity index (χ1) is 15.3. The number of benzene rings is 2. The topological polar surface area (TPSA) is 38.1 Å². The maximum absolute atomic E-state index is 13.8. The van der Waals surface area contributed by atoms with Crippen LogP contribution in [0, 0.1) is 17.6 Å². The van der Waals surface area contributed by atoms with E-state index < -0.39 is 11.6 Å². The van der Waals surface area contributed by atoms with Crippen LogP contribution in [-0.2, 0) is 6.54 Å². The lowest BCUT2D eigenvalue weighted by Crippen LogP contribution is -2.33. The lowest BCUT2D eigenvalue weighted by molar-refractivity contribution is 0.0728. The molecule has 3 aromatic rings. The van der Waals surface area contributed by atoms with E-state index >= 15 is 0 Å². The predicted octanol–water partition coefficient (Wildman–Crippen LogP) is 6.77. The Kier molecular flexibility index (Phi) is 6.79. The Labute approximate surface area is 192 Å². The van der Waals surface area contributed by atoms with Gasteiger partial charge in [0.25, 0.3) is 5.91 Å². The molecule has 0 spiro atoms. The molecule has 0 aliphatic heterocycles. The minimum atomic E-state index is -1.02. The summed E-state index contributed by atoms with van der Waals surface area (Å²) in [5.74, 6) is -1.12. The van der Waals surface area contributed by atoms with Crippen molar-refractivity contribution in [3.8, 4) is 0 Å². The summed E-state index contributed by atoms with van der Waals surface area (Å²) in [6, 6.07) is 9.28. The molecule has 4 rings (SSSR count). The van der Waals surface area contributed by atoms with E-state index in [-0.39, 0.29) is 11.5 Å². The van der Waals surface area contributed by atoms with Crippen molar-refractivity contribution in [1.82, 2.24) is 14.5 Å². The van der Waals surface area contributed by atoms with Crippen LogP contribution < -0.4 is 0 Å². The van der Waals surface area contributed by atoms with E-state index in [1.807, 2.05) is 18.2 Å². The number of halogens is 3. The summed E-state index contributed by atoms with van der Waals surface area (Å²) in [5.41, 5.74) is 1.96. The third-order valence-electron chi connectivity index (χ3n) is 6.18. The Bertz CT molecular complexity index is 1120. The fourth-order valence-electron chi connectivity index (χ4n) is 4.45. The van der Waals surface area contributed by atoms with Gasteiger partial charge >= 0.3 is 0 Å². The largest absolute Gasteiger partial charge is 0.331 e. The molecule has 32 heavy (non-hydrogen) atoms. The standard InChI is InChI=1S/C25H28ClF2N3O/c1-16(2)11-12-30(25(32)17-7-9-20(27)21(28)13-17)15-24-29-22-10-8-18(26)14-23(22)31(24)19-5-3-4-6-19/h7-10,13-14,16,19H,3-6,11-12,15H2,1-2H3. The van der Waals surface area contributed by atoms with Crippen LogP contribution in [0.3, 0.4) is 0 Å². The summed E-state index contributed by atoms with van der Waals surface area (Å²) < 4.78 is 29.5. The second-order valence-corrected chi connectivity index (χ2v) is 9.44. The summed E-state index contributed by atoms with van der Waals surface area (Å²) in [6.07, 6.45) is 5.25. The van der Waals surface area contributed by atoms with Crippen molar-refractivity contribution < 1.29 is 13.6 Å². The Morgan fingerprint density at radius 2 is 1.91 bits per heavy atom. The minimum absolute atomic E-state index is 0.138. The number of hydrogen-bond acceptors (Lipinski definition) is 2. The van der Waals surface area contributed by atoms with Gasteiger partial charge in [-0.2, -0.15) is 0 Å². The number of aromatic nitrogens is 2. The molecule has 1 heterocycles. The smallest absolute Gasteiger partial charge is 0.254 e. The molecule has 0 bridgehead atoms. The normalized spacial score (nSPS) is 14.6. The molecule has 1 saturated carbocycles. The predicted molar refractivity (Wildman–Crippen MR) is 123 cm³/mol. The number of carbonyl (C=O) groups excluding carboxylic acids is 1. The Balaban J connectivity index is 1.72. The first kappa shape index (κ1) is 22.7. The van der Waals surface area contributed by atoms with Crippen molar-refractivity contribution in [3.63, 3.8) is 0 Å². The first-order valence-corrected chi connectivity index (χ1v) is 11.6. The van der Waals surface area contributed by atoms with Gasteiger partial charge in [-0.25, -0.2) is 13.8 Å². The van der Waals surface area contributed by atoms with Crippen LogP contribution in [0.25, 0.3) is 11.0 Å². The van der Waals surface area contributed by atoms with Crippen molar-refractivity contribution in [2.75, 3.05) is 6.54 Å². The lowest BCUT2D eigenvalue weighted by Gasteiger charge is -2.25. The number of rotatable bonds is 7. The van der Waals surface area contributed by atoms with Crippen molar-refractivity contribution in [2.24, 2.45) is 5.92 Å². The zero-order chi connectivity index (χ0) is 22.8. The van der Waals surface area contributed by atoms with Crippen LogP contribution in [0.5, 0.6) is 0 Å². The molecular formula is C25H28ClF2N3O. The number of carbonyl (C=O) groups is 1. The van der Waals surface area contributed by atoms with Crippen LogP contribution in [-0.4, -0.2) is 26.9 Å². The summed E-state index contributed by atoms with van der Waals surface area (Å²) in [6.45, 7) is 4.99. The monoisotopic (exact) mass is 459 g/mol. The van der Waals surface area contributed by atoms with Gasteiger partial charge in [-0.05, 0) is 61.6 Å². The average molecular weight is 460 g/mol. The molecule has 0 unspecified atom stereocenters. The van der Waals surface area contributed by atoms with Crippen LogP contribution in [0.4, 0.5) is 8.78 Å². The number of fused-ring (bicyclic) bond motifs is 1. The van der Waals surface area contributed by atoms with Gasteiger partial charge in [0.2, 0.25) is 0 Å². The third-order valence-corrected chi connectivity index (χ3v) is 6.41. The molecule has 170 valence electrons. The van der Waals surface area contributed by atoms with Gasteiger partial charge in [-0.3, -0.25) is 4.79 Å². The number of hydrogen-bond donors (Lipinski definition) is 0. The second-order valence-electron chi connectivity index (χ2n) is 9.01. The third kappa shape index (κ3) is 4.80. The molecule has 4 nitrogen and oxygen atoms in total. The fraction of sp³-hybridized carbons (Fsp3) is 0.440. The quantitative estimate of drug-likeness (QED) is 0.391. The highest BCUT2D eigenvalue weighted by Crippen LogP contribution is 2.35. The van der Waals surface area contributed by atoms with E-state index in [9.17, 15) is 13.6 Å². The fourth-order valence-corrected chi connectivity index (χ4v) is 4.61. The number of imidazole rings is 1. The van der Waals surface area contributed by atoms with Crippen LogP contribution in [0.2, 0.25) is 5.02 Å². The molecule has 7 heteroatoms. The highest BCUT2D eigenvalue weighted by atomic mass is 35.5. The van der Waals surface area contributed by atoms with Crippen LogP contribution in [0.15, 0.2) is 36.4 Å². The SMILES string of the molecule is CC(C)CCN(Cc1nc2ccc(Cl)cc2n1C1CCCC1)C(=O)c1ccc(F)c(F)c1. The average Bonchev–Trinajstić information content (AvgIpc) is 3.39. The lowest BCUT2D eigenvalue weighted by atomic mass is 10.1. The van der Waals surface area contributed by atoms with E-state index in [1.54, 1.807) is 4.90 Å². The molecule has 0 saturated heterocycles. The summed E-state index contributed by atoms with van der Waals surface area (Å²) in [5, 5.41) is 0.651. The minimum Gasteiger partial charge on any atom is -0.331 e. The maximum Gasteiger partial charge on any atom is 0.254 e. The zero-order valence-electron chi connectivity index (χ0n) is 18.5. The van der Waals surface area contributed by atoms with Gasteiger partial charge in [-0.15, -0.1) is 0 Å². The molecule has 1 amide bonds. The first-order valence-electron chi connectivity index (χ1n) is 11.2. The van der Waals surface area contributed by atoms with Gasteiger partial charge in [0.15, 0.2) is 11.6 Å². The molecule has 1 aliphatic carbocycles. The molecule has 1 aliphatic rings. The van der Waals surface area contributed by atoms with Crippen molar-refractivity contribution in [3.05, 3.63) is 64.4 Å². The van der Waals surface area contributed by atoms with Crippen LogP contribution in [0.1, 0.15) is 68.2 Å². The molecule has 2 aromatic carbocycles. The van der Waals surface area contributed by atoms with Crippen molar-refractivity contribution >= 4 is 28.5 Å². The van der Waals surface area contributed by atoms with E-state index in [0.29, 0.717) is 30.1 Å². The Morgan fingerprint density at radius 3 is 2.59 bits per heavy atom. The van der Waals surface area contributed by atoms with Crippen molar-refractivity contribution in [1.29, 1.82) is 0 Å². The summed E-state index contributed by atoms with van der Waals surface area (Å²) in [7, 11) is 0. The number of amides is 1. The van der Waals surface area contributed by atoms with Gasteiger partial charge in [0.1, 0.15) is 5.82 Å². The molecule has 0 atom stereocenters. The highest BCUT2D eigenvalue weighted by Gasteiger charge is 2.26. The van der Waals surface area contributed by atoms with E-state index in [4.69, 9.17) is 16.6 Å². The zero-order valence-corrected chi connectivity index (χ0v) is 19.2. The Hall–Kier alpha value is -2.47. The highest BCUT2D eigenvalue weighted by molar-refractivity contribution is 6.31. The van der Waals surface area contributed by atoms with Gasteiger partial charge < -0.3 is 9.47 Å². The van der Waals surface area contributed by atoms with E-state index in [1.165, 1.54) is 6.07 Å². The van der Waals surface area contributed by atoms with E-state index in [2.05, 4.69) is 18.4 Å². The van der Waals surface area contributed by atoms with Crippen LogP contribution >= 0.6 is 11.6 Å². The molecule has 1 fully saturated rings. The van der Waals surface area contributed by atoms with Gasteiger partial charge in [0.05, 0.1) is 17.6 Å². The van der Waals surface area contributed by atoms with Crippen molar-refractivity contribution in [2.45, 2.75) is 58.5 Å². The molecule has 0 radical (unpaired) electrons. The molecule has 0 N–H and O–H groups in total. The Morgan fingerprint density at radius 1 is 1.16 bits per heavy atom. The molecular weight excluding hydrogens is 432 g/mol. The molecule has 1 aromatic heterocycles. The second kappa shape index (κ2) is 9.57. The van der Waals surface area contributed by atoms with E-state index in [0.717, 1.165) is 61.1 Å². The van der Waals surface area contributed by atoms with Gasteiger partial charge in [0, 0.05) is 23.2 Å². The summed E-state index contributed by atoms with van der Waals surface area (Å²) in [4.78, 5) is 19.9. The maximum atomic E-state index is 13.8. The summed E-state index contributed by atoms with van der Waals surface area (Å²) >= 11 is 6.28.